The Hall–Kier alpha value is -2.38. The molecule has 1 unspecified atom stereocenters. The molecule has 2 N–H and O–H groups in total. The minimum Gasteiger partial charge on any atom is -0.381 e. The quantitative estimate of drug-likeness (QED) is 0.697. The SMILES string of the molecule is O=C(NCCN(C1CCOCC1)C1CCCN(C(=O)C2CC2)C1)c1cccc2[nH]ccc12. The van der Waals surface area contributed by atoms with E-state index >= 15 is 0 Å². The van der Waals surface area contributed by atoms with E-state index in [0.29, 0.717) is 30.1 Å². The molecule has 32 heavy (non-hydrogen) atoms. The van der Waals surface area contributed by atoms with Gasteiger partial charge in [0, 0.05) is 80.1 Å². The van der Waals surface area contributed by atoms with Crippen LogP contribution in [0.3, 0.4) is 0 Å². The molecule has 7 heteroatoms. The standard InChI is InChI=1S/C25H34N4O3/c30-24(22-4-1-5-23-21(22)8-11-26-23)27-12-14-29(19-9-15-32-16-10-19)20-3-2-13-28(17-20)25(31)18-6-7-18/h1,4-5,8,11,18-20,26H,2-3,6-7,9-10,12-17H2,(H,27,30). The molecule has 1 atom stereocenters. The number of hydrogen-bond donors (Lipinski definition) is 2. The molecule has 172 valence electrons. The van der Waals surface area contributed by atoms with Gasteiger partial charge in [0.05, 0.1) is 0 Å². The van der Waals surface area contributed by atoms with Crippen molar-refractivity contribution in [3.05, 3.63) is 36.0 Å². The third kappa shape index (κ3) is 4.69. The molecule has 0 spiro atoms. The van der Waals surface area contributed by atoms with Gasteiger partial charge in [-0.25, -0.2) is 0 Å². The topological polar surface area (TPSA) is 77.7 Å². The molecule has 0 radical (unpaired) electrons. The highest BCUT2D eigenvalue weighted by Gasteiger charge is 2.37. The Kier molecular flexibility index (Phi) is 6.46. The molecule has 2 saturated heterocycles. The van der Waals surface area contributed by atoms with E-state index in [0.717, 1.165) is 82.3 Å². The van der Waals surface area contributed by atoms with Gasteiger partial charge in [0.2, 0.25) is 5.91 Å². The maximum absolute atomic E-state index is 12.9. The largest absolute Gasteiger partial charge is 0.381 e. The molecular weight excluding hydrogens is 404 g/mol. The molecule has 3 aliphatic rings. The first-order valence-corrected chi connectivity index (χ1v) is 12.2. The van der Waals surface area contributed by atoms with Crippen LogP contribution in [-0.2, 0) is 9.53 Å². The second kappa shape index (κ2) is 9.63. The molecule has 2 amide bonds. The van der Waals surface area contributed by atoms with Crippen LogP contribution in [0.2, 0.25) is 0 Å². The van der Waals surface area contributed by atoms with Crippen molar-refractivity contribution in [1.29, 1.82) is 0 Å². The lowest BCUT2D eigenvalue weighted by Crippen LogP contribution is -2.55. The number of aromatic nitrogens is 1. The Balaban J connectivity index is 1.23. The Labute approximate surface area is 189 Å². The number of hydrogen-bond acceptors (Lipinski definition) is 4. The first kappa shape index (κ1) is 21.5. The second-order valence-electron chi connectivity index (χ2n) is 9.44. The third-order valence-electron chi connectivity index (χ3n) is 7.26. The lowest BCUT2D eigenvalue weighted by atomic mass is 9.98. The van der Waals surface area contributed by atoms with Gasteiger partial charge in [0.1, 0.15) is 0 Å². The van der Waals surface area contributed by atoms with Crippen LogP contribution >= 0.6 is 0 Å². The highest BCUT2D eigenvalue weighted by Crippen LogP contribution is 2.33. The number of amides is 2. The Bertz CT molecular complexity index is 948. The number of likely N-dealkylation sites (tertiary alicyclic amines) is 1. The molecule has 2 aliphatic heterocycles. The van der Waals surface area contributed by atoms with Crippen LogP contribution in [0.5, 0.6) is 0 Å². The van der Waals surface area contributed by atoms with E-state index in [-0.39, 0.29) is 11.8 Å². The number of nitrogens with zero attached hydrogens (tertiary/aromatic N) is 2. The molecule has 1 aromatic carbocycles. The number of benzene rings is 1. The van der Waals surface area contributed by atoms with Crippen molar-refractivity contribution in [2.75, 3.05) is 39.4 Å². The second-order valence-corrected chi connectivity index (χ2v) is 9.44. The Morgan fingerprint density at radius 2 is 1.94 bits per heavy atom. The van der Waals surface area contributed by atoms with E-state index in [1.807, 2.05) is 30.5 Å². The molecule has 3 heterocycles. The minimum absolute atomic E-state index is 0.0312. The number of H-pyrrole nitrogens is 1. The monoisotopic (exact) mass is 438 g/mol. The van der Waals surface area contributed by atoms with Gasteiger partial charge in [-0.3, -0.25) is 14.5 Å². The zero-order valence-electron chi connectivity index (χ0n) is 18.7. The van der Waals surface area contributed by atoms with E-state index in [2.05, 4.69) is 20.1 Å². The molecule has 5 rings (SSSR count). The van der Waals surface area contributed by atoms with Crippen LogP contribution in [0.15, 0.2) is 30.5 Å². The number of rotatable bonds is 7. The summed E-state index contributed by atoms with van der Waals surface area (Å²) in [6.45, 7) is 4.70. The lowest BCUT2D eigenvalue weighted by molar-refractivity contribution is -0.135. The van der Waals surface area contributed by atoms with E-state index in [9.17, 15) is 9.59 Å². The van der Waals surface area contributed by atoms with Gasteiger partial charge in [-0.1, -0.05) is 6.07 Å². The number of piperidine rings is 1. The highest BCUT2D eigenvalue weighted by molar-refractivity contribution is 6.06. The number of ether oxygens (including phenoxy) is 1. The van der Waals surface area contributed by atoms with Gasteiger partial charge in [-0.15, -0.1) is 0 Å². The normalized spacial score (nSPS) is 22.4. The van der Waals surface area contributed by atoms with Crippen molar-refractivity contribution in [2.24, 2.45) is 5.92 Å². The summed E-state index contributed by atoms with van der Waals surface area (Å²) in [5.74, 6) is 0.603. The number of fused-ring (bicyclic) bond motifs is 1. The summed E-state index contributed by atoms with van der Waals surface area (Å²) in [7, 11) is 0. The van der Waals surface area contributed by atoms with E-state index in [1.54, 1.807) is 0 Å². The summed E-state index contributed by atoms with van der Waals surface area (Å²) < 4.78 is 5.61. The fourth-order valence-electron chi connectivity index (χ4n) is 5.37. The van der Waals surface area contributed by atoms with E-state index in [1.165, 1.54) is 0 Å². The maximum Gasteiger partial charge on any atom is 0.252 e. The summed E-state index contributed by atoms with van der Waals surface area (Å²) in [4.78, 5) is 33.4. The van der Waals surface area contributed by atoms with Gasteiger partial charge in [0.25, 0.3) is 5.91 Å². The average molecular weight is 439 g/mol. The van der Waals surface area contributed by atoms with Gasteiger partial charge in [0.15, 0.2) is 0 Å². The molecular formula is C25H34N4O3. The van der Waals surface area contributed by atoms with Gasteiger partial charge < -0.3 is 19.9 Å². The summed E-state index contributed by atoms with van der Waals surface area (Å²) in [6, 6.07) is 8.54. The van der Waals surface area contributed by atoms with Crippen LogP contribution in [0.25, 0.3) is 10.9 Å². The third-order valence-corrected chi connectivity index (χ3v) is 7.26. The molecule has 3 fully saturated rings. The van der Waals surface area contributed by atoms with Crippen molar-refractivity contribution < 1.29 is 14.3 Å². The average Bonchev–Trinajstić information content (AvgIpc) is 3.58. The van der Waals surface area contributed by atoms with Crippen molar-refractivity contribution in [2.45, 2.75) is 50.6 Å². The van der Waals surface area contributed by atoms with Crippen LogP contribution in [-0.4, -0.2) is 78.1 Å². The highest BCUT2D eigenvalue weighted by atomic mass is 16.5. The predicted molar refractivity (Wildman–Crippen MR) is 124 cm³/mol. The molecule has 1 saturated carbocycles. The first-order chi connectivity index (χ1) is 15.7. The summed E-state index contributed by atoms with van der Waals surface area (Å²) >= 11 is 0. The van der Waals surface area contributed by atoms with Gasteiger partial charge in [-0.2, -0.15) is 0 Å². The first-order valence-electron chi connectivity index (χ1n) is 12.2. The van der Waals surface area contributed by atoms with Crippen molar-refractivity contribution in [1.82, 2.24) is 20.1 Å². The van der Waals surface area contributed by atoms with Crippen molar-refractivity contribution in [3.63, 3.8) is 0 Å². The van der Waals surface area contributed by atoms with E-state index in [4.69, 9.17) is 4.74 Å². The number of carbonyl (C=O) groups excluding carboxylic acids is 2. The van der Waals surface area contributed by atoms with E-state index < -0.39 is 0 Å². The fourth-order valence-corrected chi connectivity index (χ4v) is 5.37. The van der Waals surface area contributed by atoms with Crippen LogP contribution in [0.1, 0.15) is 48.9 Å². The van der Waals surface area contributed by atoms with Gasteiger partial charge >= 0.3 is 0 Å². The van der Waals surface area contributed by atoms with Crippen LogP contribution < -0.4 is 5.32 Å². The van der Waals surface area contributed by atoms with Crippen molar-refractivity contribution in [3.8, 4) is 0 Å². The minimum atomic E-state index is -0.0312. The molecule has 1 aromatic heterocycles. The zero-order chi connectivity index (χ0) is 21.9. The number of aromatic amines is 1. The molecule has 2 aromatic rings. The zero-order valence-corrected chi connectivity index (χ0v) is 18.7. The maximum atomic E-state index is 12.9. The summed E-state index contributed by atoms with van der Waals surface area (Å²) in [5.41, 5.74) is 1.68. The Morgan fingerprint density at radius 3 is 2.75 bits per heavy atom. The molecule has 1 aliphatic carbocycles. The number of carbonyl (C=O) groups is 2. The predicted octanol–water partition coefficient (Wildman–Crippen LogP) is 2.78. The molecule has 7 nitrogen and oxygen atoms in total. The summed E-state index contributed by atoms with van der Waals surface area (Å²) in [5, 5.41) is 4.10. The fraction of sp³-hybridized carbons (Fsp3) is 0.600. The van der Waals surface area contributed by atoms with Crippen LogP contribution in [0, 0.1) is 5.92 Å². The lowest BCUT2D eigenvalue weighted by Gasteiger charge is -2.44. The Morgan fingerprint density at radius 1 is 1.09 bits per heavy atom. The van der Waals surface area contributed by atoms with Crippen molar-refractivity contribution >= 4 is 22.7 Å². The number of nitrogens with one attached hydrogen (secondary N) is 2. The molecule has 0 bridgehead atoms. The van der Waals surface area contributed by atoms with Gasteiger partial charge in [-0.05, 0) is 56.7 Å². The smallest absolute Gasteiger partial charge is 0.252 e. The summed E-state index contributed by atoms with van der Waals surface area (Å²) in [6.07, 6.45) is 8.19. The van der Waals surface area contributed by atoms with Crippen LogP contribution in [0.4, 0.5) is 0 Å².